The van der Waals surface area contributed by atoms with E-state index < -0.39 is 36.2 Å². The van der Waals surface area contributed by atoms with E-state index in [1.165, 1.54) is 11.9 Å². The number of methoxy groups -OCH3 is 1. The van der Waals surface area contributed by atoms with E-state index in [0.29, 0.717) is 18.0 Å². The molecule has 9 heteroatoms. The van der Waals surface area contributed by atoms with Gasteiger partial charge in [0.05, 0.1) is 25.3 Å². The number of hydrazone groups is 1. The molecule has 0 spiro atoms. The molecule has 2 aromatic carbocycles. The molecule has 0 fully saturated rings. The average Bonchev–Trinajstić information content (AvgIpc) is 3.16. The Bertz CT molecular complexity index is 1290. The number of hydrogen-bond donors (Lipinski definition) is 1. The van der Waals surface area contributed by atoms with E-state index in [9.17, 15) is 23.1 Å². The topological polar surface area (TPSA) is 75.0 Å². The number of hydrogen-bond acceptors (Lipinski definition) is 5. The van der Waals surface area contributed by atoms with Gasteiger partial charge in [0.1, 0.15) is 5.71 Å². The number of pyridine rings is 1. The summed E-state index contributed by atoms with van der Waals surface area (Å²) in [5.74, 6) is -1.68. The van der Waals surface area contributed by atoms with Gasteiger partial charge in [-0.25, -0.2) is 4.98 Å². The Balaban J connectivity index is 1.55. The van der Waals surface area contributed by atoms with Crippen LogP contribution in [0.1, 0.15) is 30.0 Å². The fourth-order valence-electron chi connectivity index (χ4n) is 4.50. The van der Waals surface area contributed by atoms with Crippen LogP contribution in [0.4, 0.5) is 18.9 Å². The van der Waals surface area contributed by atoms with Crippen LogP contribution in [0.15, 0.2) is 65.9 Å². The average molecular weight is 498 g/mol. The third kappa shape index (κ3) is 5.19. The normalized spacial score (nSPS) is 17.7. The number of benzene rings is 2. The van der Waals surface area contributed by atoms with Crippen LogP contribution in [0, 0.1) is 12.8 Å². The quantitative estimate of drug-likeness (QED) is 0.442. The lowest BCUT2D eigenvalue weighted by molar-refractivity contribution is -0.137. The maximum absolute atomic E-state index is 13.4. The largest absolute Gasteiger partial charge is 0.481 e. The third-order valence-corrected chi connectivity index (χ3v) is 6.43. The predicted molar refractivity (Wildman–Crippen MR) is 131 cm³/mol. The summed E-state index contributed by atoms with van der Waals surface area (Å²) < 4.78 is 45.6. The predicted octanol–water partition coefficient (Wildman–Crippen LogP) is 5.87. The molecule has 1 aromatic heterocycles. The Hall–Kier alpha value is -3.88. The molecule has 0 saturated carbocycles. The van der Waals surface area contributed by atoms with Crippen molar-refractivity contribution in [1.82, 2.24) is 4.98 Å². The first-order chi connectivity index (χ1) is 17.1. The zero-order valence-corrected chi connectivity index (χ0v) is 20.1. The number of aliphatic carboxylic acids is 1. The number of halogens is 3. The van der Waals surface area contributed by atoms with Crippen LogP contribution >= 0.6 is 0 Å². The number of rotatable bonds is 7. The highest BCUT2D eigenvalue weighted by Gasteiger charge is 2.48. The molecule has 1 aliphatic heterocycles. The number of carboxylic acid groups (broad SMARTS) is 1. The van der Waals surface area contributed by atoms with Crippen molar-refractivity contribution in [2.45, 2.75) is 38.9 Å². The van der Waals surface area contributed by atoms with Gasteiger partial charge in [0.15, 0.2) is 0 Å². The first-order valence-corrected chi connectivity index (χ1v) is 11.4. The molecule has 4 rings (SSSR count). The Morgan fingerprint density at radius 1 is 1.14 bits per heavy atom. The Morgan fingerprint density at radius 3 is 2.47 bits per heavy atom. The number of nitrogens with zero attached hydrogens (tertiary/aromatic N) is 3. The van der Waals surface area contributed by atoms with E-state index in [-0.39, 0.29) is 0 Å². The minimum absolute atomic E-state index is 0.423. The van der Waals surface area contributed by atoms with E-state index in [4.69, 9.17) is 4.74 Å². The number of carboxylic acids is 1. The minimum atomic E-state index is -4.62. The van der Waals surface area contributed by atoms with Crippen LogP contribution < -0.4 is 9.75 Å². The molecular formula is C27H26F3N3O3. The molecule has 1 N–H and O–H groups in total. The second-order valence-corrected chi connectivity index (χ2v) is 8.83. The Labute approximate surface area is 207 Å². The Kier molecular flexibility index (Phi) is 7.01. The SMILES string of the molecule is COc1ncccc1-c1ccc(Cc2ccc(N3N=C(C(F)(F)F)C(C)[C@@H]3CC(=O)O)cc2)c(C)c1. The van der Waals surface area contributed by atoms with Gasteiger partial charge >= 0.3 is 12.1 Å². The number of aryl methyl sites for hydroxylation is 1. The summed E-state index contributed by atoms with van der Waals surface area (Å²) in [6.07, 6.45) is -2.76. The summed E-state index contributed by atoms with van der Waals surface area (Å²) in [5.41, 5.74) is 4.50. The highest BCUT2D eigenvalue weighted by molar-refractivity contribution is 5.96. The Morgan fingerprint density at radius 2 is 1.86 bits per heavy atom. The highest BCUT2D eigenvalue weighted by atomic mass is 19.4. The molecule has 0 aliphatic carbocycles. The van der Waals surface area contributed by atoms with Gasteiger partial charge in [0.25, 0.3) is 0 Å². The fraction of sp³-hybridized carbons (Fsp3) is 0.296. The zero-order chi connectivity index (χ0) is 26.0. The smallest absolute Gasteiger partial charge is 0.431 e. The van der Waals surface area contributed by atoms with Crippen molar-refractivity contribution in [3.8, 4) is 17.0 Å². The maximum atomic E-state index is 13.4. The summed E-state index contributed by atoms with van der Waals surface area (Å²) in [4.78, 5) is 15.6. The minimum Gasteiger partial charge on any atom is -0.481 e. The summed E-state index contributed by atoms with van der Waals surface area (Å²) in [6, 6.07) is 16.0. The van der Waals surface area contributed by atoms with Gasteiger partial charge in [-0.15, -0.1) is 0 Å². The molecule has 1 aliphatic rings. The first kappa shape index (κ1) is 25.2. The maximum Gasteiger partial charge on any atom is 0.431 e. The number of aromatic nitrogens is 1. The summed E-state index contributed by atoms with van der Waals surface area (Å²) >= 11 is 0. The summed E-state index contributed by atoms with van der Waals surface area (Å²) in [6.45, 7) is 3.38. The summed E-state index contributed by atoms with van der Waals surface area (Å²) in [7, 11) is 1.58. The van der Waals surface area contributed by atoms with Crippen molar-refractivity contribution in [1.29, 1.82) is 0 Å². The van der Waals surface area contributed by atoms with Crippen LogP contribution in [-0.2, 0) is 11.2 Å². The van der Waals surface area contributed by atoms with Gasteiger partial charge in [-0.05, 0) is 59.9 Å². The standard InChI is InChI=1S/C27H26F3N3O3/c1-16-13-20(22-5-4-12-31-26(22)36-3)9-8-19(16)14-18-6-10-21(11-7-18)33-23(15-24(34)35)17(2)25(32-33)27(28,29)30/h4-13,17,23H,14-15H2,1-3H3,(H,34,35)/t17?,23-/m0/s1. The van der Waals surface area contributed by atoms with Crippen LogP contribution in [0.25, 0.3) is 11.1 Å². The van der Waals surface area contributed by atoms with Gasteiger partial charge in [0.2, 0.25) is 5.88 Å². The lowest BCUT2D eigenvalue weighted by atomic mass is 9.94. The molecule has 0 saturated heterocycles. The molecule has 188 valence electrons. The molecule has 2 heterocycles. The van der Waals surface area contributed by atoms with Crippen molar-refractivity contribution in [3.63, 3.8) is 0 Å². The molecule has 1 unspecified atom stereocenters. The second-order valence-electron chi connectivity index (χ2n) is 8.83. The van der Waals surface area contributed by atoms with Crippen LogP contribution in [0.3, 0.4) is 0 Å². The van der Waals surface area contributed by atoms with Crippen LogP contribution in [0.2, 0.25) is 0 Å². The van der Waals surface area contributed by atoms with Gasteiger partial charge in [0, 0.05) is 17.7 Å². The van der Waals surface area contributed by atoms with E-state index in [2.05, 4.69) is 16.2 Å². The molecule has 0 radical (unpaired) electrons. The first-order valence-electron chi connectivity index (χ1n) is 11.4. The van der Waals surface area contributed by atoms with E-state index >= 15 is 0 Å². The molecule has 6 nitrogen and oxygen atoms in total. The third-order valence-electron chi connectivity index (χ3n) is 6.43. The van der Waals surface area contributed by atoms with Crippen molar-refractivity contribution in [2.75, 3.05) is 12.1 Å². The highest BCUT2D eigenvalue weighted by Crippen LogP contribution is 2.36. The van der Waals surface area contributed by atoms with Gasteiger partial charge in [-0.2, -0.15) is 18.3 Å². The van der Waals surface area contributed by atoms with Crippen molar-refractivity contribution >= 4 is 17.4 Å². The molecule has 2 atom stereocenters. The van der Waals surface area contributed by atoms with E-state index in [0.717, 1.165) is 27.8 Å². The number of ether oxygens (including phenoxy) is 1. The number of alkyl halides is 3. The molecule has 3 aromatic rings. The molecule has 36 heavy (non-hydrogen) atoms. The van der Waals surface area contributed by atoms with Crippen molar-refractivity contribution in [2.24, 2.45) is 11.0 Å². The molecular weight excluding hydrogens is 471 g/mol. The fourth-order valence-corrected chi connectivity index (χ4v) is 4.50. The van der Waals surface area contributed by atoms with Gasteiger partial charge in [-0.1, -0.05) is 37.3 Å². The zero-order valence-electron chi connectivity index (χ0n) is 20.1. The van der Waals surface area contributed by atoms with E-state index in [1.807, 2.05) is 43.3 Å². The van der Waals surface area contributed by atoms with Crippen LogP contribution in [0.5, 0.6) is 5.88 Å². The lowest BCUT2D eigenvalue weighted by Crippen LogP contribution is -2.36. The molecule has 0 amide bonds. The second kappa shape index (κ2) is 10.0. The summed E-state index contributed by atoms with van der Waals surface area (Å²) in [5, 5.41) is 14.2. The molecule has 0 bridgehead atoms. The number of carbonyl (C=O) groups is 1. The lowest BCUT2D eigenvalue weighted by Gasteiger charge is -2.25. The van der Waals surface area contributed by atoms with Crippen LogP contribution in [-0.4, -0.2) is 41.1 Å². The van der Waals surface area contributed by atoms with Gasteiger partial charge < -0.3 is 9.84 Å². The van der Waals surface area contributed by atoms with Crippen molar-refractivity contribution < 1.29 is 27.8 Å². The van der Waals surface area contributed by atoms with E-state index in [1.54, 1.807) is 25.4 Å². The monoisotopic (exact) mass is 497 g/mol. The van der Waals surface area contributed by atoms with Gasteiger partial charge in [-0.3, -0.25) is 9.80 Å². The number of anilines is 1. The van der Waals surface area contributed by atoms with Crippen molar-refractivity contribution in [3.05, 3.63) is 77.5 Å².